The lowest BCUT2D eigenvalue weighted by Gasteiger charge is -2.15. The van der Waals surface area contributed by atoms with E-state index in [0.29, 0.717) is 17.4 Å². The van der Waals surface area contributed by atoms with Crippen LogP contribution in [0.1, 0.15) is 33.4 Å². The molecule has 3 N–H and O–H groups in total. The minimum absolute atomic E-state index is 0.106. The number of nitrogens with zero attached hydrogens (tertiary/aromatic N) is 2. The largest absolute Gasteiger partial charge is 0.506 e. The smallest absolute Gasteiger partial charge is 0.265 e. The van der Waals surface area contributed by atoms with Gasteiger partial charge >= 0.3 is 0 Å². The summed E-state index contributed by atoms with van der Waals surface area (Å²) < 4.78 is 1.42. The number of hydrogen-bond acceptors (Lipinski definition) is 5. The average molecular weight is 421 g/mol. The number of pyridine rings is 2. The summed E-state index contributed by atoms with van der Waals surface area (Å²) in [5.74, 6) is -0.608. The van der Waals surface area contributed by atoms with E-state index in [1.54, 1.807) is 48.8 Å². The number of para-hydroxylation sites is 1. The third-order valence-corrected chi connectivity index (χ3v) is 6.21. The number of fused-ring (bicyclic) bond motifs is 1. The highest BCUT2D eigenvalue weighted by Gasteiger charge is 2.27. The number of carbonyl (C=O) groups excluding carboxylic acids is 1. The molecule has 3 heterocycles. The molecule has 4 aromatic rings. The average Bonchev–Trinajstić information content (AvgIpc) is 3.31. The number of quaternary nitrogens is 1. The Morgan fingerprint density at radius 2 is 1.97 bits per heavy atom. The van der Waals surface area contributed by atoms with Gasteiger partial charge in [-0.1, -0.05) is 24.3 Å². The van der Waals surface area contributed by atoms with Crippen molar-refractivity contribution in [1.29, 1.82) is 0 Å². The summed E-state index contributed by atoms with van der Waals surface area (Å²) in [5.41, 5.74) is 0.874. The molecule has 0 unspecified atom stereocenters. The predicted molar refractivity (Wildman–Crippen MR) is 117 cm³/mol. The van der Waals surface area contributed by atoms with E-state index in [0.717, 1.165) is 10.6 Å². The maximum absolute atomic E-state index is 13.2. The zero-order valence-corrected chi connectivity index (χ0v) is 17.3. The van der Waals surface area contributed by atoms with E-state index in [1.165, 1.54) is 4.57 Å². The van der Waals surface area contributed by atoms with Crippen LogP contribution in [0, 0.1) is 0 Å². The van der Waals surface area contributed by atoms with Gasteiger partial charge in [0.05, 0.1) is 22.5 Å². The second-order valence-corrected chi connectivity index (χ2v) is 8.09. The monoisotopic (exact) mass is 420 g/mol. The van der Waals surface area contributed by atoms with Gasteiger partial charge < -0.3 is 15.0 Å². The molecule has 0 saturated heterocycles. The standard InChI is InChI=1S/C23H21N3O3S/c1-26-18-9-3-2-8-16(18)22(28)21(23(26)29)19(27)13-17(20-10-6-12-30-20)25-14-15-7-4-5-11-24-15/h2-12,17,25,28H,13-14H2,1H3/p+1/t17-/m1/s1. The number of aryl methyl sites for hydroxylation is 1. The Morgan fingerprint density at radius 3 is 2.70 bits per heavy atom. The molecule has 1 aromatic carbocycles. The number of aromatic nitrogens is 2. The van der Waals surface area contributed by atoms with Gasteiger partial charge in [0.15, 0.2) is 5.78 Å². The van der Waals surface area contributed by atoms with Crippen LogP contribution in [-0.4, -0.2) is 20.4 Å². The van der Waals surface area contributed by atoms with E-state index < -0.39 is 5.56 Å². The fourth-order valence-corrected chi connectivity index (χ4v) is 4.44. The molecule has 7 heteroatoms. The van der Waals surface area contributed by atoms with Crippen molar-refractivity contribution in [3.8, 4) is 5.75 Å². The molecule has 0 aliphatic rings. The molecule has 3 aromatic heterocycles. The molecule has 30 heavy (non-hydrogen) atoms. The van der Waals surface area contributed by atoms with Crippen molar-refractivity contribution in [3.63, 3.8) is 0 Å². The van der Waals surface area contributed by atoms with Gasteiger partial charge in [0.25, 0.3) is 5.56 Å². The molecule has 0 aliphatic heterocycles. The summed E-state index contributed by atoms with van der Waals surface area (Å²) >= 11 is 1.57. The number of ketones is 1. The van der Waals surface area contributed by atoms with Crippen molar-refractivity contribution in [2.45, 2.75) is 19.0 Å². The highest BCUT2D eigenvalue weighted by molar-refractivity contribution is 7.10. The van der Waals surface area contributed by atoms with E-state index in [2.05, 4.69) is 10.3 Å². The molecule has 0 aliphatic carbocycles. The van der Waals surface area contributed by atoms with E-state index in [-0.39, 0.29) is 29.6 Å². The number of benzene rings is 1. The van der Waals surface area contributed by atoms with Crippen LogP contribution in [0.2, 0.25) is 0 Å². The molecule has 0 radical (unpaired) electrons. The topological polar surface area (TPSA) is 88.8 Å². The number of rotatable bonds is 7. The number of hydrogen-bond donors (Lipinski definition) is 2. The quantitative estimate of drug-likeness (QED) is 0.450. The van der Waals surface area contributed by atoms with Crippen LogP contribution in [0.5, 0.6) is 5.75 Å². The zero-order chi connectivity index (χ0) is 21.1. The Balaban J connectivity index is 1.65. The Labute approximate surface area is 177 Å². The van der Waals surface area contributed by atoms with Crippen LogP contribution in [-0.2, 0) is 13.6 Å². The number of aromatic hydroxyl groups is 1. The van der Waals surface area contributed by atoms with Crippen LogP contribution in [0.3, 0.4) is 0 Å². The minimum Gasteiger partial charge on any atom is -0.506 e. The molecular weight excluding hydrogens is 398 g/mol. The van der Waals surface area contributed by atoms with Crippen LogP contribution in [0.15, 0.2) is 71.0 Å². The van der Waals surface area contributed by atoms with Crippen molar-refractivity contribution in [1.82, 2.24) is 9.55 Å². The Bertz CT molecular complexity index is 1230. The first-order valence-corrected chi connectivity index (χ1v) is 10.5. The number of thiophene rings is 1. The molecule has 1 atom stereocenters. The second-order valence-electron chi connectivity index (χ2n) is 7.12. The van der Waals surface area contributed by atoms with Crippen molar-refractivity contribution in [3.05, 3.63) is 92.7 Å². The maximum Gasteiger partial charge on any atom is 0.265 e. The lowest BCUT2D eigenvalue weighted by Crippen LogP contribution is -2.83. The maximum atomic E-state index is 13.2. The first-order valence-electron chi connectivity index (χ1n) is 9.66. The van der Waals surface area contributed by atoms with E-state index in [4.69, 9.17) is 0 Å². The van der Waals surface area contributed by atoms with Crippen molar-refractivity contribution in [2.75, 3.05) is 0 Å². The fourth-order valence-electron chi connectivity index (χ4n) is 3.62. The van der Waals surface area contributed by atoms with Gasteiger partial charge in [-0.2, -0.15) is 0 Å². The van der Waals surface area contributed by atoms with Crippen LogP contribution < -0.4 is 10.9 Å². The summed E-state index contributed by atoms with van der Waals surface area (Å²) in [7, 11) is 1.62. The van der Waals surface area contributed by atoms with Crippen molar-refractivity contribution in [2.24, 2.45) is 7.05 Å². The molecule has 6 nitrogen and oxygen atoms in total. The highest BCUT2D eigenvalue weighted by atomic mass is 32.1. The minimum atomic E-state index is -0.481. The molecule has 152 valence electrons. The second kappa shape index (κ2) is 8.61. The van der Waals surface area contributed by atoms with E-state index in [9.17, 15) is 14.7 Å². The summed E-state index contributed by atoms with van der Waals surface area (Å²) in [6.45, 7) is 0.610. The Kier molecular flexibility index (Phi) is 5.74. The molecule has 0 fully saturated rings. The Hall–Kier alpha value is -3.29. The van der Waals surface area contributed by atoms with Crippen molar-refractivity contribution >= 4 is 28.0 Å². The van der Waals surface area contributed by atoms with Gasteiger partial charge in [-0.05, 0) is 35.7 Å². The molecule has 4 rings (SSSR count). The van der Waals surface area contributed by atoms with Crippen LogP contribution in [0.25, 0.3) is 10.9 Å². The summed E-state index contributed by atoms with van der Waals surface area (Å²) in [5, 5.41) is 15.2. The first kappa shape index (κ1) is 20.0. The molecule has 0 spiro atoms. The number of carbonyl (C=O) groups is 1. The normalized spacial score (nSPS) is 12.2. The van der Waals surface area contributed by atoms with Crippen molar-refractivity contribution < 1.29 is 15.2 Å². The number of Topliss-reactive ketones (excluding diaryl/α,β-unsaturated/α-hetero) is 1. The van der Waals surface area contributed by atoms with Gasteiger partial charge in [0.2, 0.25) is 0 Å². The summed E-state index contributed by atoms with van der Waals surface area (Å²) in [6.07, 6.45) is 1.85. The van der Waals surface area contributed by atoms with Gasteiger partial charge in [-0.25, -0.2) is 0 Å². The lowest BCUT2D eigenvalue weighted by molar-refractivity contribution is -0.710. The molecular formula is C23H22N3O3S+. The van der Waals surface area contributed by atoms with Gasteiger partial charge in [0.1, 0.15) is 23.9 Å². The molecule has 0 saturated carbocycles. The van der Waals surface area contributed by atoms with Gasteiger partial charge in [-0.15, -0.1) is 11.3 Å². The lowest BCUT2D eigenvalue weighted by atomic mass is 10.0. The summed E-state index contributed by atoms with van der Waals surface area (Å²) in [6, 6.07) is 16.5. The van der Waals surface area contributed by atoms with E-state index >= 15 is 0 Å². The fraction of sp³-hybridized carbons (Fsp3) is 0.174. The van der Waals surface area contributed by atoms with Crippen LogP contribution in [0.4, 0.5) is 0 Å². The number of nitrogens with two attached hydrogens (primary N) is 1. The third-order valence-electron chi connectivity index (χ3n) is 5.21. The third kappa shape index (κ3) is 3.90. The van der Waals surface area contributed by atoms with Gasteiger partial charge in [0, 0.05) is 18.6 Å². The predicted octanol–water partition coefficient (Wildman–Crippen LogP) is 2.78. The van der Waals surface area contributed by atoms with E-state index in [1.807, 2.05) is 35.7 Å². The highest BCUT2D eigenvalue weighted by Crippen LogP contribution is 2.28. The van der Waals surface area contributed by atoms with Gasteiger partial charge in [-0.3, -0.25) is 14.6 Å². The zero-order valence-electron chi connectivity index (χ0n) is 16.5. The molecule has 0 amide bonds. The SMILES string of the molecule is Cn1c(=O)c(C(=O)C[C@@H]([NH2+]Cc2ccccn2)c2cccs2)c(O)c2ccccc21. The van der Waals surface area contributed by atoms with Crippen LogP contribution >= 0.6 is 11.3 Å². The molecule has 0 bridgehead atoms. The summed E-state index contributed by atoms with van der Waals surface area (Å²) in [4.78, 5) is 31.4. The first-order chi connectivity index (χ1) is 14.6. The Morgan fingerprint density at radius 1 is 1.17 bits per heavy atom.